The van der Waals surface area contributed by atoms with Gasteiger partial charge in [-0.2, -0.15) is 0 Å². The molecule has 4 heterocycles. The third-order valence-electron chi connectivity index (χ3n) is 6.29. The van der Waals surface area contributed by atoms with Crippen molar-refractivity contribution in [3.05, 3.63) is 58.0 Å². The van der Waals surface area contributed by atoms with Gasteiger partial charge in [-0.25, -0.2) is 0 Å². The van der Waals surface area contributed by atoms with Crippen LogP contribution >= 0.6 is 0 Å². The summed E-state index contributed by atoms with van der Waals surface area (Å²) in [5, 5.41) is 0. The van der Waals surface area contributed by atoms with Gasteiger partial charge in [0.05, 0.1) is 12.2 Å². The molecule has 3 aliphatic rings. The Morgan fingerprint density at radius 3 is 2.86 bits per heavy atom. The number of aromatic nitrogens is 1. The first kappa shape index (κ1) is 18.1. The minimum absolute atomic E-state index is 0.0257. The van der Waals surface area contributed by atoms with E-state index in [1.165, 1.54) is 4.90 Å². The predicted molar refractivity (Wildman–Crippen MR) is 108 cm³/mol. The molecule has 1 fully saturated rings. The van der Waals surface area contributed by atoms with E-state index in [4.69, 9.17) is 4.74 Å². The summed E-state index contributed by atoms with van der Waals surface area (Å²) in [6.45, 7) is 2.67. The van der Waals surface area contributed by atoms with Gasteiger partial charge in [0.2, 0.25) is 0 Å². The van der Waals surface area contributed by atoms with E-state index < -0.39 is 0 Å². The summed E-state index contributed by atoms with van der Waals surface area (Å²) in [7, 11) is 1.70. The highest BCUT2D eigenvalue weighted by Gasteiger charge is 2.35. The lowest BCUT2D eigenvalue weighted by Crippen LogP contribution is -2.48. The monoisotopic (exact) mass is 393 g/mol. The molecule has 1 amide bonds. The van der Waals surface area contributed by atoms with Crippen LogP contribution in [0.25, 0.3) is 0 Å². The number of likely N-dealkylation sites (tertiary alicyclic amines) is 1. The summed E-state index contributed by atoms with van der Waals surface area (Å²) in [5.41, 5.74) is 2.37. The molecule has 3 aliphatic heterocycles. The van der Waals surface area contributed by atoms with Crippen molar-refractivity contribution < 1.29 is 14.3 Å². The second-order valence-electron chi connectivity index (χ2n) is 8.24. The number of Topliss-reactive ketones (excluding diaryl/α,β-unsaturated/α-hetero) is 1. The Labute approximate surface area is 168 Å². The molecule has 150 valence electrons. The second-order valence-corrected chi connectivity index (χ2v) is 8.24. The molecule has 1 aromatic carbocycles. The Kier molecular flexibility index (Phi) is 4.28. The first-order chi connectivity index (χ1) is 14.0. The van der Waals surface area contributed by atoms with E-state index in [-0.39, 0.29) is 29.8 Å². The number of likely N-dealkylation sites (N-methyl/N-ethyl adjacent to an activating group) is 1. The molecule has 0 spiro atoms. The van der Waals surface area contributed by atoms with E-state index in [9.17, 15) is 14.4 Å². The number of amides is 1. The molecule has 0 saturated carbocycles. The molecule has 1 saturated heterocycles. The third-order valence-corrected chi connectivity index (χ3v) is 6.29. The molecule has 0 unspecified atom stereocenters. The second kappa shape index (κ2) is 6.84. The summed E-state index contributed by atoms with van der Waals surface area (Å²) in [6.07, 6.45) is 1.07. The van der Waals surface area contributed by atoms with Crippen molar-refractivity contribution in [1.82, 2.24) is 9.47 Å². The molecular formula is C22H23N3O4. The lowest BCUT2D eigenvalue weighted by atomic mass is 9.83. The Hall–Kier alpha value is -2.93. The summed E-state index contributed by atoms with van der Waals surface area (Å²) in [5.74, 6) is 1.20. The predicted octanol–water partition coefficient (Wildman–Crippen LogP) is 1.51. The fraction of sp³-hybridized carbons (Fsp3) is 0.409. The number of ketones is 1. The molecule has 2 atom stereocenters. The number of nitrogens with zero attached hydrogens (tertiary/aromatic N) is 3. The van der Waals surface area contributed by atoms with E-state index in [2.05, 4.69) is 4.90 Å². The van der Waals surface area contributed by atoms with Crippen molar-refractivity contribution in [2.75, 3.05) is 38.2 Å². The maximum absolute atomic E-state index is 13.0. The number of rotatable bonds is 3. The van der Waals surface area contributed by atoms with Crippen LogP contribution < -0.4 is 15.2 Å². The smallest absolute Gasteiger partial charge is 0.264 e. The molecule has 7 heteroatoms. The summed E-state index contributed by atoms with van der Waals surface area (Å²) in [6, 6.07) is 10.8. The maximum atomic E-state index is 13.0. The third kappa shape index (κ3) is 3.15. The zero-order chi connectivity index (χ0) is 20.1. The number of hydrogen-bond donors (Lipinski definition) is 0. The van der Waals surface area contributed by atoms with Crippen LogP contribution in [0.4, 0.5) is 5.69 Å². The first-order valence-corrected chi connectivity index (χ1v) is 9.98. The van der Waals surface area contributed by atoms with Gasteiger partial charge in [-0.3, -0.25) is 19.3 Å². The molecule has 0 aliphatic carbocycles. The standard InChI is InChI=1S/C22H23N3O4/c1-23-18-8-15(5-6-20(18)29-13-22(23)28)19(26)12-24-9-14-7-16(11-24)17-3-2-4-21(27)25(17)10-14/h2-6,8,14,16H,7,9-13H2,1H3/t14-,16-/m0/s1. The Bertz CT molecular complexity index is 1060. The number of hydrogen-bond acceptors (Lipinski definition) is 5. The van der Waals surface area contributed by atoms with Crippen LogP contribution in [0.3, 0.4) is 0 Å². The number of piperidine rings is 1. The maximum Gasteiger partial charge on any atom is 0.264 e. The van der Waals surface area contributed by atoms with Gasteiger partial charge in [0.15, 0.2) is 12.4 Å². The number of ether oxygens (including phenoxy) is 1. The van der Waals surface area contributed by atoms with Crippen LogP contribution in [0, 0.1) is 5.92 Å². The van der Waals surface area contributed by atoms with Crippen molar-refractivity contribution in [3.63, 3.8) is 0 Å². The van der Waals surface area contributed by atoms with Crippen molar-refractivity contribution >= 4 is 17.4 Å². The number of pyridine rings is 1. The number of benzene rings is 1. The lowest BCUT2D eigenvalue weighted by Gasteiger charge is -2.42. The highest BCUT2D eigenvalue weighted by molar-refractivity contribution is 6.02. The fourth-order valence-corrected chi connectivity index (χ4v) is 4.86. The number of carbonyl (C=O) groups excluding carboxylic acids is 2. The van der Waals surface area contributed by atoms with Gasteiger partial charge >= 0.3 is 0 Å². The van der Waals surface area contributed by atoms with Gasteiger partial charge in [-0.05, 0) is 36.6 Å². The van der Waals surface area contributed by atoms with Crippen LogP contribution in [0.15, 0.2) is 41.2 Å². The average Bonchev–Trinajstić information content (AvgIpc) is 2.71. The highest BCUT2D eigenvalue weighted by Crippen LogP contribution is 2.35. The summed E-state index contributed by atoms with van der Waals surface area (Å²) in [4.78, 5) is 40.7. The van der Waals surface area contributed by atoms with Crippen molar-refractivity contribution in [1.29, 1.82) is 0 Å². The molecule has 2 aromatic rings. The molecule has 0 N–H and O–H groups in total. The quantitative estimate of drug-likeness (QED) is 0.739. The summed E-state index contributed by atoms with van der Waals surface area (Å²) >= 11 is 0. The van der Waals surface area contributed by atoms with Gasteiger partial charge in [0.1, 0.15) is 5.75 Å². The normalized spacial score (nSPS) is 23.2. The van der Waals surface area contributed by atoms with Crippen LogP contribution in [-0.4, -0.2) is 54.4 Å². The van der Waals surface area contributed by atoms with Gasteiger partial charge in [0, 0.05) is 49.9 Å². The van der Waals surface area contributed by atoms with Crippen LogP contribution in [0.5, 0.6) is 5.75 Å². The van der Waals surface area contributed by atoms with Gasteiger partial charge < -0.3 is 14.2 Å². The first-order valence-electron chi connectivity index (χ1n) is 9.98. The lowest BCUT2D eigenvalue weighted by molar-refractivity contribution is -0.120. The van der Waals surface area contributed by atoms with E-state index in [1.807, 2.05) is 16.7 Å². The molecule has 2 bridgehead atoms. The number of carbonyl (C=O) groups is 2. The average molecular weight is 393 g/mol. The van der Waals surface area contributed by atoms with Crippen molar-refractivity contribution in [2.45, 2.75) is 18.9 Å². The largest absolute Gasteiger partial charge is 0.482 e. The van der Waals surface area contributed by atoms with Gasteiger partial charge in [-0.15, -0.1) is 0 Å². The zero-order valence-electron chi connectivity index (χ0n) is 16.3. The van der Waals surface area contributed by atoms with Crippen LogP contribution in [0.1, 0.15) is 28.4 Å². The van der Waals surface area contributed by atoms with Crippen molar-refractivity contribution in [2.24, 2.45) is 5.92 Å². The van der Waals surface area contributed by atoms with E-state index >= 15 is 0 Å². The van der Waals surface area contributed by atoms with E-state index in [1.54, 1.807) is 31.3 Å². The number of anilines is 1. The minimum Gasteiger partial charge on any atom is -0.482 e. The van der Waals surface area contributed by atoms with Gasteiger partial charge in [-0.1, -0.05) is 6.07 Å². The van der Waals surface area contributed by atoms with Crippen LogP contribution in [-0.2, 0) is 11.3 Å². The highest BCUT2D eigenvalue weighted by atomic mass is 16.5. The molecule has 7 nitrogen and oxygen atoms in total. The Balaban J connectivity index is 1.34. The minimum atomic E-state index is -0.125. The molecular weight excluding hydrogens is 370 g/mol. The molecule has 0 radical (unpaired) electrons. The number of fused-ring (bicyclic) bond motifs is 5. The van der Waals surface area contributed by atoms with Crippen molar-refractivity contribution in [3.8, 4) is 5.75 Å². The Morgan fingerprint density at radius 2 is 2.00 bits per heavy atom. The van der Waals surface area contributed by atoms with Gasteiger partial charge in [0.25, 0.3) is 11.5 Å². The SMILES string of the molecule is CN1C(=O)COc2ccc(C(=O)CN3C[C@@H]4C[C@@H](C3)c3cccc(=O)n3C4)cc21. The molecule has 1 aromatic heterocycles. The fourth-order valence-electron chi connectivity index (χ4n) is 4.86. The Morgan fingerprint density at radius 1 is 1.14 bits per heavy atom. The zero-order valence-corrected chi connectivity index (χ0v) is 16.3. The molecule has 29 heavy (non-hydrogen) atoms. The topological polar surface area (TPSA) is 71.8 Å². The van der Waals surface area contributed by atoms with Crippen LogP contribution in [0.2, 0.25) is 0 Å². The summed E-state index contributed by atoms with van der Waals surface area (Å²) < 4.78 is 7.34. The van der Waals surface area contributed by atoms with E-state index in [0.717, 1.165) is 31.7 Å². The molecule has 5 rings (SSSR count). The van der Waals surface area contributed by atoms with E-state index in [0.29, 0.717) is 29.5 Å².